The highest BCUT2D eigenvalue weighted by molar-refractivity contribution is 5.88. The van der Waals surface area contributed by atoms with Gasteiger partial charge in [0.15, 0.2) is 5.82 Å². The summed E-state index contributed by atoms with van der Waals surface area (Å²) < 4.78 is 3.36. The first-order valence-corrected chi connectivity index (χ1v) is 11.1. The number of rotatable bonds is 5. The van der Waals surface area contributed by atoms with E-state index in [2.05, 4.69) is 5.10 Å². The minimum atomic E-state index is -0.964. The van der Waals surface area contributed by atoms with Crippen molar-refractivity contribution in [3.8, 4) is 17.1 Å². The molecule has 1 N–H and O–H groups in total. The van der Waals surface area contributed by atoms with Crippen LogP contribution in [0.15, 0.2) is 94.8 Å². The molecule has 172 valence electrons. The monoisotopic (exact) mass is 462 g/mol. The average Bonchev–Trinajstić information content (AvgIpc) is 3.16. The lowest BCUT2D eigenvalue weighted by Gasteiger charge is -2.10. The van der Waals surface area contributed by atoms with E-state index in [0.29, 0.717) is 16.7 Å². The van der Waals surface area contributed by atoms with Crippen LogP contribution in [0.1, 0.15) is 27.3 Å². The maximum Gasteiger partial charge on any atom is 0.335 e. The summed E-state index contributed by atoms with van der Waals surface area (Å²) in [5.41, 5.74) is 4.94. The second-order valence-electron chi connectivity index (χ2n) is 8.19. The molecule has 2 aromatic heterocycles. The van der Waals surface area contributed by atoms with Crippen LogP contribution in [0.5, 0.6) is 0 Å². The molecule has 0 aliphatic heterocycles. The third-order valence-corrected chi connectivity index (χ3v) is 5.94. The van der Waals surface area contributed by atoms with Crippen LogP contribution in [0.2, 0.25) is 0 Å². The summed E-state index contributed by atoms with van der Waals surface area (Å²) >= 11 is 0. The predicted octanol–water partition coefficient (Wildman–Crippen LogP) is 5.05. The molecule has 0 saturated carbocycles. The van der Waals surface area contributed by atoms with E-state index in [1.807, 2.05) is 73.0 Å². The van der Waals surface area contributed by atoms with Crippen LogP contribution in [0.3, 0.4) is 0 Å². The highest BCUT2D eigenvalue weighted by Crippen LogP contribution is 2.22. The molecule has 5 aromatic rings. The van der Waals surface area contributed by atoms with E-state index < -0.39 is 5.97 Å². The van der Waals surface area contributed by atoms with Gasteiger partial charge in [0.05, 0.1) is 22.7 Å². The number of aromatic nitrogens is 3. The number of aryl methyl sites for hydroxylation is 1. The molecule has 2 heterocycles. The summed E-state index contributed by atoms with van der Waals surface area (Å²) in [6, 6.07) is 25.4. The van der Waals surface area contributed by atoms with Gasteiger partial charge < -0.3 is 9.67 Å². The SMILES string of the molecule is Cc1cc(C=Nn2c(-c3ccccc3)nc3ccccc3c2=O)c(C)n1-c1ccc(C(=O)O)cc1. The fourth-order valence-corrected chi connectivity index (χ4v) is 4.19. The highest BCUT2D eigenvalue weighted by atomic mass is 16.4. The predicted molar refractivity (Wildman–Crippen MR) is 137 cm³/mol. The molecule has 35 heavy (non-hydrogen) atoms. The summed E-state index contributed by atoms with van der Waals surface area (Å²) in [6.45, 7) is 3.92. The number of benzene rings is 3. The maximum atomic E-state index is 13.4. The molecule has 3 aromatic carbocycles. The average molecular weight is 463 g/mol. The normalized spacial score (nSPS) is 11.4. The van der Waals surface area contributed by atoms with Gasteiger partial charge in [-0.05, 0) is 56.3 Å². The lowest BCUT2D eigenvalue weighted by Crippen LogP contribution is -2.20. The summed E-state index contributed by atoms with van der Waals surface area (Å²) in [4.78, 5) is 29.3. The Balaban J connectivity index is 1.61. The number of carbonyl (C=O) groups is 1. The second-order valence-corrected chi connectivity index (χ2v) is 8.19. The molecule has 5 rings (SSSR count). The lowest BCUT2D eigenvalue weighted by atomic mass is 10.2. The van der Waals surface area contributed by atoms with Crippen LogP contribution in [-0.2, 0) is 0 Å². The number of carboxylic acids is 1. The van der Waals surface area contributed by atoms with Gasteiger partial charge in [0.2, 0.25) is 0 Å². The Morgan fingerprint density at radius 3 is 2.34 bits per heavy atom. The Morgan fingerprint density at radius 2 is 1.63 bits per heavy atom. The molecule has 0 radical (unpaired) electrons. The third kappa shape index (κ3) is 4.04. The van der Waals surface area contributed by atoms with Gasteiger partial charge in [0.25, 0.3) is 5.56 Å². The number of hydrogen-bond donors (Lipinski definition) is 1. The van der Waals surface area contributed by atoms with Gasteiger partial charge in [-0.2, -0.15) is 9.78 Å². The van der Waals surface area contributed by atoms with Gasteiger partial charge in [-0.1, -0.05) is 42.5 Å². The van der Waals surface area contributed by atoms with Crippen LogP contribution >= 0.6 is 0 Å². The molecule has 0 bridgehead atoms. The zero-order chi connectivity index (χ0) is 24.5. The van der Waals surface area contributed by atoms with Gasteiger partial charge in [0, 0.05) is 28.2 Å². The summed E-state index contributed by atoms with van der Waals surface area (Å²) in [5, 5.41) is 14.2. The van der Waals surface area contributed by atoms with Crippen molar-refractivity contribution < 1.29 is 9.90 Å². The van der Waals surface area contributed by atoms with Gasteiger partial charge >= 0.3 is 5.97 Å². The maximum absolute atomic E-state index is 13.4. The van der Waals surface area contributed by atoms with E-state index in [4.69, 9.17) is 4.98 Å². The largest absolute Gasteiger partial charge is 0.478 e. The first-order valence-electron chi connectivity index (χ1n) is 11.1. The third-order valence-electron chi connectivity index (χ3n) is 5.94. The molecule has 0 unspecified atom stereocenters. The van der Waals surface area contributed by atoms with Gasteiger partial charge in [-0.3, -0.25) is 4.79 Å². The van der Waals surface area contributed by atoms with Crippen LogP contribution in [0.4, 0.5) is 0 Å². The molecule has 0 atom stereocenters. The van der Waals surface area contributed by atoms with E-state index in [9.17, 15) is 14.7 Å². The van der Waals surface area contributed by atoms with Crippen LogP contribution in [-0.4, -0.2) is 31.5 Å². The first kappa shape index (κ1) is 22.0. The van der Waals surface area contributed by atoms with Crippen LogP contribution in [0, 0.1) is 13.8 Å². The molecular weight excluding hydrogens is 440 g/mol. The van der Waals surface area contributed by atoms with Crippen molar-refractivity contribution in [2.45, 2.75) is 13.8 Å². The molecular formula is C28H22N4O3. The lowest BCUT2D eigenvalue weighted by molar-refractivity contribution is 0.0697. The van der Waals surface area contributed by atoms with E-state index in [1.165, 1.54) is 4.68 Å². The highest BCUT2D eigenvalue weighted by Gasteiger charge is 2.14. The Hall–Kier alpha value is -4.78. The molecule has 0 saturated heterocycles. The molecule has 7 heteroatoms. The topological polar surface area (TPSA) is 89.5 Å². The van der Waals surface area contributed by atoms with E-state index >= 15 is 0 Å². The first-order chi connectivity index (χ1) is 16.9. The van der Waals surface area contributed by atoms with Gasteiger partial charge in [-0.15, -0.1) is 0 Å². The summed E-state index contributed by atoms with van der Waals surface area (Å²) in [7, 11) is 0. The van der Waals surface area contributed by atoms with Gasteiger partial charge in [-0.25, -0.2) is 9.78 Å². The van der Waals surface area contributed by atoms with Gasteiger partial charge in [0.1, 0.15) is 0 Å². The number of hydrogen-bond acceptors (Lipinski definition) is 4. The summed E-state index contributed by atoms with van der Waals surface area (Å²) in [5.74, 6) is -0.502. The smallest absolute Gasteiger partial charge is 0.335 e. The Bertz CT molecular complexity index is 1650. The molecule has 0 fully saturated rings. The zero-order valence-corrected chi connectivity index (χ0v) is 19.2. The fraction of sp³-hybridized carbons (Fsp3) is 0.0714. The van der Waals surface area contributed by atoms with Crippen molar-refractivity contribution in [1.29, 1.82) is 0 Å². The minimum absolute atomic E-state index is 0.231. The van der Waals surface area contributed by atoms with Crippen molar-refractivity contribution >= 4 is 23.1 Å². The second kappa shape index (κ2) is 8.87. The van der Waals surface area contributed by atoms with E-state index in [0.717, 1.165) is 28.2 Å². The number of fused-ring (bicyclic) bond motifs is 1. The number of nitrogens with zero attached hydrogens (tertiary/aromatic N) is 4. The van der Waals surface area contributed by atoms with Crippen molar-refractivity contribution in [3.63, 3.8) is 0 Å². The van der Waals surface area contributed by atoms with Crippen molar-refractivity contribution in [2.24, 2.45) is 5.10 Å². The van der Waals surface area contributed by atoms with Crippen molar-refractivity contribution in [1.82, 2.24) is 14.2 Å². The fourth-order valence-electron chi connectivity index (χ4n) is 4.19. The Labute approximate surface area is 201 Å². The number of para-hydroxylation sites is 1. The standard InChI is InChI=1S/C28H22N4O3/c1-18-16-22(19(2)31(18)23-14-12-21(13-15-23)28(34)35)17-29-32-26(20-8-4-3-5-9-20)30-25-11-7-6-10-24(25)27(32)33/h3-17H,1-2H3,(H,34,35). The molecule has 0 aliphatic carbocycles. The number of carboxylic acid groups (broad SMARTS) is 1. The summed E-state index contributed by atoms with van der Waals surface area (Å²) in [6.07, 6.45) is 1.66. The quantitative estimate of drug-likeness (QED) is 0.370. The van der Waals surface area contributed by atoms with Crippen molar-refractivity contribution in [3.05, 3.63) is 118 Å². The molecule has 0 aliphatic rings. The number of aromatic carboxylic acids is 1. The molecule has 7 nitrogen and oxygen atoms in total. The molecule has 0 spiro atoms. The van der Waals surface area contributed by atoms with Crippen molar-refractivity contribution in [2.75, 3.05) is 0 Å². The van der Waals surface area contributed by atoms with Crippen LogP contribution in [0.25, 0.3) is 28.0 Å². The Morgan fingerprint density at radius 1 is 0.943 bits per heavy atom. The minimum Gasteiger partial charge on any atom is -0.478 e. The zero-order valence-electron chi connectivity index (χ0n) is 19.2. The molecule has 0 amide bonds. The van der Waals surface area contributed by atoms with E-state index in [1.54, 1.807) is 36.5 Å². The van der Waals surface area contributed by atoms with E-state index in [-0.39, 0.29) is 11.1 Å². The Kier molecular flexibility index (Phi) is 5.58. The van der Waals surface area contributed by atoms with Crippen LogP contribution < -0.4 is 5.56 Å².